The van der Waals surface area contributed by atoms with Gasteiger partial charge < -0.3 is 14.8 Å². The van der Waals surface area contributed by atoms with Gasteiger partial charge in [0.1, 0.15) is 19.3 Å². The second-order valence-corrected chi connectivity index (χ2v) is 3.68. The first-order chi connectivity index (χ1) is 8.20. The van der Waals surface area contributed by atoms with Crippen LogP contribution < -0.4 is 14.8 Å². The first-order valence-electron chi connectivity index (χ1n) is 5.31. The van der Waals surface area contributed by atoms with Crippen molar-refractivity contribution in [2.75, 3.05) is 13.2 Å². The smallest absolute Gasteiger partial charge is 0.252 e. The van der Waals surface area contributed by atoms with E-state index in [9.17, 15) is 4.79 Å². The van der Waals surface area contributed by atoms with Crippen molar-refractivity contribution in [2.45, 2.75) is 13.0 Å². The summed E-state index contributed by atoms with van der Waals surface area (Å²) in [7, 11) is 0. The van der Waals surface area contributed by atoms with Gasteiger partial charge in [-0.05, 0) is 25.1 Å². The standard InChI is InChI=1S/C12H12N2O3/c1-8(7-13)14-12(15)9-2-3-10-11(6-9)17-5-4-16-10/h2-3,6,8H,4-5H2,1H3,(H,14,15). The van der Waals surface area contributed by atoms with Gasteiger partial charge in [0.25, 0.3) is 5.91 Å². The van der Waals surface area contributed by atoms with E-state index in [0.717, 1.165) is 0 Å². The summed E-state index contributed by atoms with van der Waals surface area (Å²) in [6.07, 6.45) is 0. The van der Waals surface area contributed by atoms with Crippen molar-refractivity contribution < 1.29 is 14.3 Å². The van der Waals surface area contributed by atoms with Crippen LogP contribution in [0.4, 0.5) is 0 Å². The topological polar surface area (TPSA) is 71.4 Å². The van der Waals surface area contributed by atoms with E-state index in [4.69, 9.17) is 14.7 Å². The molecular formula is C12H12N2O3. The van der Waals surface area contributed by atoms with Gasteiger partial charge >= 0.3 is 0 Å². The van der Waals surface area contributed by atoms with E-state index in [1.54, 1.807) is 25.1 Å². The Balaban J connectivity index is 2.17. The van der Waals surface area contributed by atoms with Crippen LogP contribution in [0.25, 0.3) is 0 Å². The van der Waals surface area contributed by atoms with Gasteiger partial charge in [-0.3, -0.25) is 4.79 Å². The summed E-state index contributed by atoms with van der Waals surface area (Å²) in [6.45, 7) is 2.62. The van der Waals surface area contributed by atoms with Crippen LogP contribution in [-0.4, -0.2) is 25.2 Å². The molecule has 0 radical (unpaired) electrons. The molecule has 1 aliphatic rings. The summed E-state index contributed by atoms with van der Waals surface area (Å²) < 4.78 is 10.7. The number of hydrogen-bond acceptors (Lipinski definition) is 4. The second kappa shape index (κ2) is 4.74. The molecule has 0 spiro atoms. The van der Waals surface area contributed by atoms with Crippen LogP contribution in [0, 0.1) is 11.3 Å². The molecule has 1 N–H and O–H groups in total. The van der Waals surface area contributed by atoms with Gasteiger partial charge in [-0.1, -0.05) is 0 Å². The molecule has 0 bridgehead atoms. The average molecular weight is 232 g/mol. The van der Waals surface area contributed by atoms with Crippen LogP contribution in [0.3, 0.4) is 0 Å². The molecule has 1 aliphatic heterocycles. The average Bonchev–Trinajstić information content (AvgIpc) is 2.38. The number of carbonyl (C=O) groups is 1. The highest BCUT2D eigenvalue weighted by atomic mass is 16.6. The van der Waals surface area contributed by atoms with Crippen molar-refractivity contribution in [3.05, 3.63) is 23.8 Å². The molecular weight excluding hydrogens is 220 g/mol. The van der Waals surface area contributed by atoms with E-state index in [1.807, 2.05) is 6.07 Å². The van der Waals surface area contributed by atoms with Gasteiger partial charge in [0.05, 0.1) is 6.07 Å². The van der Waals surface area contributed by atoms with Crippen molar-refractivity contribution in [2.24, 2.45) is 0 Å². The van der Waals surface area contributed by atoms with E-state index in [0.29, 0.717) is 30.3 Å². The minimum atomic E-state index is -0.518. The normalized spacial score (nSPS) is 14.6. The molecule has 1 amide bonds. The summed E-state index contributed by atoms with van der Waals surface area (Å²) in [5.41, 5.74) is 0.455. The van der Waals surface area contributed by atoms with Crippen LogP contribution in [0.15, 0.2) is 18.2 Å². The quantitative estimate of drug-likeness (QED) is 0.828. The first-order valence-corrected chi connectivity index (χ1v) is 5.31. The molecule has 0 saturated heterocycles. The molecule has 1 heterocycles. The van der Waals surface area contributed by atoms with E-state index in [-0.39, 0.29) is 5.91 Å². The van der Waals surface area contributed by atoms with Crippen LogP contribution in [0.5, 0.6) is 11.5 Å². The third-order valence-electron chi connectivity index (χ3n) is 2.35. The molecule has 2 rings (SSSR count). The Morgan fingerprint density at radius 3 is 2.82 bits per heavy atom. The number of carbonyl (C=O) groups excluding carboxylic acids is 1. The molecule has 5 heteroatoms. The third kappa shape index (κ3) is 2.48. The Bertz CT molecular complexity index is 479. The van der Waals surface area contributed by atoms with Gasteiger partial charge in [-0.15, -0.1) is 0 Å². The molecule has 1 unspecified atom stereocenters. The molecule has 0 fully saturated rings. The highest BCUT2D eigenvalue weighted by Gasteiger charge is 2.15. The van der Waals surface area contributed by atoms with Crippen molar-refractivity contribution in [3.8, 4) is 17.6 Å². The number of benzene rings is 1. The van der Waals surface area contributed by atoms with Crippen LogP contribution in [-0.2, 0) is 0 Å². The zero-order valence-corrected chi connectivity index (χ0v) is 9.40. The molecule has 0 aromatic heterocycles. The first kappa shape index (κ1) is 11.3. The maximum Gasteiger partial charge on any atom is 0.252 e. The number of nitrogens with zero attached hydrogens (tertiary/aromatic N) is 1. The van der Waals surface area contributed by atoms with Gasteiger partial charge in [0, 0.05) is 5.56 Å². The number of fused-ring (bicyclic) bond motifs is 1. The van der Waals surface area contributed by atoms with Gasteiger partial charge in [-0.2, -0.15) is 5.26 Å². The fourth-order valence-electron chi connectivity index (χ4n) is 1.50. The van der Waals surface area contributed by atoms with Crippen molar-refractivity contribution in [1.82, 2.24) is 5.32 Å². The number of amides is 1. The minimum absolute atomic E-state index is 0.295. The number of ether oxygens (including phenoxy) is 2. The Hall–Kier alpha value is -2.22. The summed E-state index contributed by atoms with van der Waals surface area (Å²) in [4.78, 5) is 11.7. The number of nitriles is 1. The highest BCUT2D eigenvalue weighted by molar-refractivity contribution is 5.95. The van der Waals surface area contributed by atoms with Crippen molar-refractivity contribution in [3.63, 3.8) is 0 Å². The Kier molecular flexibility index (Phi) is 3.15. The molecule has 1 atom stereocenters. The third-order valence-corrected chi connectivity index (χ3v) is 2.35. The predicted octanol–water partition coefficient (Wildman–Crippen LogP) is 1.10. The second-order valence-electron chi connectivity index (χ2n) is 3.68. The maximum absolute atomic E-state index is 11.7. The molecule has 0 aliphatic carbocycles. The van der Waals surface area contributed by atoms with Crippen LogP contribution >= 0.6 is 0 Å². The van der Waals surface area contributed by atoms with Crippen LogP contribution in [0.2, 0.25) is 0 Å². The number of rotatable bonds is 2. The molecule has 17 heavy (non-hydrogen) atoms. The molecule has 5 nitrogen and oxygen atoms in total. The fourth-order valence-corrected chi connectivity index (χ4v) is 1.50. The summed E-state index contributed by atoms with van der Waals surface area (Å²) in [5, 5.41) is 11.2. The molecule has 1 aromatic rings. The fraction of sp³-hybridized carbons (Fsp3) is 0.333. The van der Waals surface area contributed by atoms with Crippen LogP contribution in [0.1, 0.15) is 17.3 Å². The lowest BCUT2D eigenvalue weighted by Crippen LogP contribution is -2.31. The largest absolute Gasteiger partial charge is 0.486 e. The molecule has 0 saturated carbocycles. The van der Waals surface area contributed by atoms with E-state index in [2.05, 4.69) is 5.32 Å². The zero-order valence-electron chi connectivity index (χ0n) is 9.40. The number of hydrogen-bond donors (Lipinski definition) is 1. The Labute approximate surface area is 98.9 Å². The maximum atomic E-state index is 11.7. The van der Waals surface area contributed by atoms with Gasteiger partial charge in [0.15, 0.2) is 11.5 Å². The zero-order chi connectivity index (χ0) is 12.3. The predicted molar refractivity (Wildman–Crippen MR) is 60.0 cm³/mol. The minimum Gasteiger partial charge on any atom is -0.486 e. The lowest BCUT2D eigenvalue weighted by atomic mass is 10.1. The SMILES string of the molecule is CC(C#N)NC(=O)c1ccc2c(c1)OCCO2. The lowest BCUT2D eigenvalue weighted by molar-refractivity contribution is 0.0946. The highest BCUT2D eigenvalue weighted by Crippen LogP contribution is 2.30. The lowest BCUT2D eigenvalue weighted by Gasteiger charge is -2.18. The van der Waals surface area contributed by atoms with Crippen molar-refractivity contribution in [1.29, 1.82) is 5.26 Å². The number of nitrogens with one attached hydrogen (secondary N) is 1. The Morgan fingerprint density at radius 1 is 1.41 bits per heavy atom. The Morgan fingerprint density at radius 2 is 2.12 bits per heavy atom. The van der Waals surface area contributed by atoms with Crippen molar-refractivity contribution >= 4 is 5.91 Å². The van der Waals surface area contributed by atoms with E-state index >= 15 is 0 Å². The summed E-state index contributed by atoms with van der Waals surface area (Å²) >= 11 is 0. The molecule has 1 aromatic carbocycles. The van der Waals surface area contributed by atoms with Gasteiger partial charge in [0.2, 0.25) is 0 Å². The monoisotopic (exact) mass is 232 g/mol. The van der Waals surface area contributed by atoms with E-state index < -0.39 is 6.04 Å². The van der Waals surface area contributed by atoms with Gasteiger partial charge in [-0.25, -0.2) is 0 Å². The molecule has 88 valence electrons. The summed E-state index contributed by atoms with van der Waals surface area (Å²) in [6, 6.07) is 6.38. The van der Waals surface area contributed by atoms with E-state index in [1.165, 1.54) is 0 Å². The summed E-state index contributed by atoms with van der Waals surface area (Å²) in [5.74, 6) is 0.908.